The van der Waals surface area contributed by atoms with Crippen LogP contribution >= 0.6 is 11.3 Å². The number of ether oxygens (including phenoxy) is 2. The van der Waals surface area contributed by atoms with Crippen molar-refractivity contribution in [3.8, 4) is 0 Å². The third-order valence-corrected chi connectivity index (χ3v) is 8.78. The van der Waals surface area contributed by atoms with Crippen molar-refractivity contribution in [1.29, 1.82) is 0 Å². The molecule has 1 aromatic heterocycles. The number of carbonyl (C=O) groups is 3. The van der Waals surface area contributed by atoms with Gasteiger partial charge in [-0.15, -0.1) is 11.3 Å². The number of hydrogen-bond acceptors (Lipinski definition) is 8. The summed E-state index contributed by atoms with van der Waals surface area (Å²) in [7, 11) is 0. The minimum Gasteiger partial charge on any atom is -0.445 e. The van der Waals surface area contributed by atoms with E-state index in [0.717, 1.165) is 36.8 Å². The Morgan fingerprint density at radius 3 is 2.22 bits per heavy atom. The molecule has 0 aliphatic heterocycles. The first-order valence-corrected chi connectivity index (χ1v) is 17.0. The van der Waals surface area contributed by atoms with Gasteiger partial charge in [0.1, 0.15) is 23.8 Å². The van der Waals surface area contributed by atoms with Crippen LogP contribution in [0.15, 0.2) is 72.2 Å². The Morgan fingerprint density at radius 2 is 1.59 bits per heavy atom. The molecule has 1 unspecified atom stereocenters. The van der Waals surface area contributed by atoms with Crippen LogP contribution in [0.2, 0.25) is 0 Å². The molecule has 1 fully saturated rings. The second-order valence-electron chi connectivity index (χ2n) is 12.2. The first-order valence-electron chi connectivity index (χ1n) is 16.1. The van der Waals surface area contributed by atoms with Gasteiger partial charge in [-0.1, -0.05) is 107 Å². The fourth-order valence-corrected chi connectivity index (χ4v) is 6.21. The second-order valence-corrected chi connectivity index (χ2v) is 13.2. The molecule has 10 nitrogen and oxygen atoms in total. The van der Waals surface area contributed by atoms with Gasteiger partial charge < -0.3 is 30.5 Å². The summed E-state index contributed by atoms with van der Waals surface area (Å²) in [6.45, 7) is 4.13. The van der Waals surface area contributed by atoms with Gasteiger partial charge in [-0.05, 0) is 29.4 Å². The maximum absolute atomic E-state index is 13.8. The molecule has 4 atom stereocenters. The van der Waals surface area contributed by atoms with Crippen molar-refractivity contribution < 1.29 is 29.0 Å². The molecule has 11 heteroatoms. The van der Waals surface area contributed by atoms with Gasteiger partial charge in [0, 0.05) is 18.0 Å². The largest absolute Gasteiger partial charge is 0.445 e. The number of aromatic nitrogens is 1. The van der Waals surface area contributed by atoms with E-state index >= 15 is 0 Å². The lowest BCUT2D eigenvalue weighted by Crippen LogP contribution is -2.57. The van der Waals surface area contributed by atoms with Crippen molar-refractivity contribution in [2.45, 2.75) is 89.8 Å². The van der Waals surface area contributed by atoms with Gasteiger partial charge in [-0.2, -0.15) is 0 Å². The summed E-state index contributed by atoms with van der Waals surface area (Å²) < 4.78 is 11.3. The molecule has 1 heterocycles. The Bertz CT molecular complexity index is 1340. The molecular weight excluding hydrogens is 604 g/mol. The maximum atomic E-state index is 13.8. The molecule has 1 saturated carbocycles. The SMILES string of the molecule is CC(C)CO[C@H](NC(=O)[C@H](Cc1ccccc1)NC(=O)OCc1ccccc1)C(=O)NC(CC1CCCCC1)[C@@H](O)c1nccs1. The number of thiazole rings is 1. The fourth-order valence-electron chi connectivity index (χ4n) is 5.53. The molecule has 4 N–H and O–H groups in total. The van der Waals surface area contributed by atoms with E-state index in [0.29, 0.717) is 17.3 Å². The number of aliphatic hydroxyl groups excluding tert-OH is 1. The standard InChI is InChI=1S/C35H46N4O6S/c1-24(2)22-44-33(32(42)37-28(20-25-12-6-3-7-13-25)30(40)34-36-18-19-46-34)39-31(41)29(21-26-14-8-4-9-15-26)38-35(43)45-23-27-16-10-5-11-17-27/h4-5,8-11,14-19,24-25,28-30,33,40H,3,6-7,12-13,20-23H2,1-2H3,(H,37,42)(H,38,43)(H,39,41)/t28?,29-,30+,33-/m0/s1. The van der Waals surface area contributed by atoms with Crippen LogP contribution in [0.5, 0.6) is 0 Å². The van der Waals surface area contributed by atoms with E-state index in [-0.39, 0.29) is 25.6 Å². The van der Waals surface area contributed by atoms with Crippen molar-refractivity contribution in [1.82, 2.24) is 20.9 Å². The average molecular weight is 651 g/mol. The zero-order valence-corrected chi connectivity index (χ0v) is 27.4. The Labute approximate surface area is 275 Å². The molecule has 1 aliphatic rings. The molecule has 46 heavy (non-hydrogen) atoms. The van der Waals surface area contributed by atoms with Crippen LogP contribution in [-0.2, 0) is 32.1 Å². The van der Waals surface area contributed by atoms with Crippen molar-refractivity contribution in [2.75, 3.05) is 6.61 Å². The zero-order valence-electron chi connectivity index (χ0n) is 26.6. The highest BCUT2D eigenvalue weighted by Gasteiger charge is 2.33. The molecule has 0 spiro atoms. The smallest absolute Gasteiger partial charge is 0.408 e. The van der Waals surface area contributed by atoms with E-state index in [1.165, 1.54) is 17.8 Å². The van der Waals surface area contributed by atoms with Crippen molar-refractivity contribution >= 4 is 29.2 Å². The quantitative estimate of drug-likeness (QED) is 0.155. The molecule has 0 bridgehead atoms. The van der Waals surface area contributed by atoms with Gasteiger partial charge in [-0.25, -0.2) is 9.78 Å². The number of carbonyl (C=O) groups excluding carboxylic acids is 3. The highest BCUT2D eigenvalue weighted by molar-refractivity contribution is 7.09. The summed E-state index contributed by atoms with van der Waals surface area (Å²) in [6.07, 6.45) is 4.77. The molecule has 0 radical (unpaired) electrons. The van der Waals surface area contributed by atoms with E-state index in [1.807, 2.05) is 74.5 Å². The van der Waals surface area contributed by atoms with E-state index < -0.39 is 42.3 Å². The van der Waals surface area contributed by atoms with Crippen LogP contribution < -0.4 is 16.0 Å². The summed E-state index contributed by atoms with van der Waals surface area (Å²) in [5.74, 6) is -0.735. The van der Waals surface area contributed by atoms with Crippen LogP contribution in [0.3, 0.4) is 0 Å². The van der Waals surface area contributed by atoms with Gasteiger partial charge >= 0.3 is 6.09 Å². The van der Waals surface area contributed by atoms with Crippen LogP contribution in [-0.4, -0.2) is 52.9 Å². The third kappa shape index (κ3) is 11.5. The monoisotopic (exact) mass is 650 g/mol. The third-order valence-electron chi connectivity index (χ3n) is 7.94. The summed E-state index contributed by atoms with van der Waals surface area (Å²) >= 11 is 1.33. The fraction of sp³-hybridized carbons (Fsp3) is 0.486. The van der Waals surface area contributed by atoms with E-state index in [9.17, 15) is 19.5 Å². The van der Waals surface area contributed by atoms with Crippen molar-refractivity contribution in [3.63, 3.8) is 0 Å². The number of nitrogens with one attached hydrogen (secondary N) is 3. The van der Waals surface area contributed by atoms with Crippen LogP contribution in [0, 0.1) is 11.8 Å². The Morgan fingerprint density at radius 1 is 0.913 bits per heavy atom. The minimum atomic E-state index is -1.35. The summed E-state index contributed by atoms with van der Waals surface area (Å²) in [5, 5.41) is 21.9. The summed E-state index contributed by atoms with van der Waals surface area (Å²) in [4.78, 5) is 44.6. The van der Waals surface area contributed by atoms with Crippen molar-refractivity contribution in [3.05, 3.63) is 88.4 Å². The van der Waals surface area contributed by atoms with Gasteiger partial charge in [0.15, 0.2) is 0 Å². The van der Waals surface area contributed by atoms with E-state index in [4.69, 9.17) is 9.47 Å². The number of amides is 3. The second kappa shape index (κ2) is 18.4. The number of alkyl carbamates (subject to hydrolysis) is 1. The first kappa shape index (κ1) is 35.1. The maximum Gasteiger partial charge on any atom is 0.408 e. The lowest BCUT2D eigenvalue weighted by molar-refractivity contribution is -0.143. The number of aliphatic hydroxyl groups is 1. The topological polar surface area (TPSA) is 139 Å². The number of nitrogens with zero attached hydrogens (tertiary/aromatic N) is 1. The predicted octanol–water partition coefficient (Wildman–Crippen LogP) is 5.28. The van der Waals surface area contributed by atoms with E-state index in [2.05, 4.69) is 20.9 Å². The van der Waals surface area contributed by atoms with E-state index in [1.54, 1.807) is 11.6 Å². The molecule has 3 aromatic rings. The number of rotatable bonds is 16. The molecule has 3 amide bonds. The number of hydrogen-bond donors (Lipinski definition) is 4. The van der Waals surface area contributed by atoms with Gasteiger partial charge in [0.25, 0.3) is 5.91 Å². The molecule has 2 aromatic carbocycles. The summed E-state index contributed by atoms with van der Waals surface area (Å²) in [6, 6.07) is 16.8. The molecular formula is C35H46N4O6S. The van der Waals surface area contributed by atoms with Gasteiger partial charge in [-0.3, -0.25) is 9.59 Å². The zero-order chi connectivity index (χ0) is 32.7. The van der Waals surface area contributed by atoms with Crippen molar-refractivity contribution in [2.24, 2.45) is 11.8 Å². The molecule has 4 rings (SSSR count). The highest BCUT2D eigenvalue weighted by atomic mass is 32.1. The van der Waals surface area contributed by atoms with Crippen LogP contribution in [0.25, 0.3) is 0 Å². The Hall–Kier alpha value is -3.80. The van der Waals surface area contributed by atoms with Crippen LogP contribution in [0.1, 0.15) is 74.6 Å². The average Bonchev–Trinajstić information content (AvgIpc) is 3.61. The highest BCUT2D eigenvalue weighted by Crippen LogP contribution is 2.31. The Balaban J connectivity index is 1.48. The molecule has 248 valence electrons. The minimum absolute atomic E-state index is 0.0404. The molecule has 0 saturated heterocycles. The van der Waals surface area contributed by atoms with Gasteiger partial charge in [0.2, 0.25) is 12.1 Å². The first-order chi connectivity index (χ1) is 22.3. The molecule has 1 aliphatic carbocycles. The predicted molar refractivity (Wildman–Crippen MR) is 177 cm³/mol. The number of benzene rings is 2. The summed E-state index contributed by atoms with van der Waals surface area (Å²) in [5.41, 5.74) is 1.62. The Kier molecular flexibility index (Phi) is 14.0. The normalized spacial score (nSPS) is 16.2. The van der Waals surface area contributed by atoms with Crippen LogP contribution in [0.4, 0.5) is 4.79 Å². The van der Waals surface area contributed by atoms with Gasteiger partial charge in [0.05, 0.1) is 12.6 Å². The lowest BCUT2D eigenvalue weighted by atomic mass is 9.83. The lowest BCUT2D eigenvalue weighted by Gasteiger charge is -2.31.